The summed E-state index contributed by atoms with van der Waals surface area (Å²) in [4.78, 5) is 10.8. The number of aliphatic hydroxyl groups is 1. The van der Waals surface area contributed by atoms with Crippen molar-refractivity contribution < 1.29 is 18.7 Å². The summed E-state index contributed by atoms with van der Waals surface area (Å²) in [6.45, 7) is 3.59. The number of hydrogen-bond acceptors (Lipinski definition) is 2. The number of hydrogen-bond donors (Lipinski definition) is 1. The summed E-state index contributed by atoms with van der Waals surface area (Å²) in [7, 11) is 0. The van der Waals surface area contributed by atoms with Gasteiger partial charge in [-0.15, -0.1) is 0 Å². The van der Waals surface area contributed by atoms with E-state index >= 15 is 0 Å². The third-order valence-corrected chi connectivity index (χ3v) is 1.14. The van der Waals surface area contributed by atoms with Gasteiger partial charge in [-0.3, -0.25) is 4.79 Å². The van der Waals surface area contributed by atoms with Crippen LogP contribution in [0.4, 0.5) is 8.78 Å². The highest BCUT2D eigenvalue weighted by Crippen LogP contribution is 2.07. The average Bonchev–Trinajstić information content (AvgIpc) is 1.84. The van der Waals surface area contributed by atoms with Crippen molar-refractivity contribution in [1.29, 1.82) is 0 Å². The highest BCUT2D eigenvalue weighted by molar-refractivity contribution is 5.90. The predicted molar refractivity (Wildman–Crippen MR) is 41.2 cm³/mol. The molecule has 0 aliphatic carbocycles. The van der Waals surface area contributed by atoms with Crippen LogP contribution >= 0.6 is 0 Å². The highest BCUT2D eigenvalue weighted by Gasteiger charge is 2.11. The zero-order chi connectivity index (χ0) is 9.72. The topological polar surface area (TPSA) is 37.3 Å². The maximum atomic E-state index is 11.7. The van der Waals surface area contributed by atoms with Gasteiger partial charge < -0.3 is 5.11 Å². The predicted octanol–water partition coefficient (Wildman–Crippen LogP) is 2.31. The van der Waals surface area contributed by atoms with Crippen LogP contribution in [-0.4, -0.2) is 17.3 Å². The zero-order valence-electron chi connectivity index (χ0n) is 7.05. The molecule has 0 unspecified atom stereocenters. The molecule has 0 fully saturated rings. The number of rotatable bonds is 4. The molecule has 2 nitrogen and oxygen atoms in total. The van der Waals surface area contributed by atoms with Gasteiger partial charge in [0.15, 0.2) is 11.5 Å². The molecule has 0 aromatic heterocycles. The van der Waals surface area contributed by atoms with E-state index in [9.17, 15) is 13.6 Å². The highest BCUT2D eigenvalue weighted by atomic mass is 19.3. The van der Waals surface area contributed by atoms with Crippen LogP contribution in [0, 0.1) is 5.92 Å². The van der Waals surface area contributed by atoms with E-state index in [1.807, 2.05) is 0 Å². The van der Waals surface area contributed by atoms with Crippen molar-refractivity contribution in [3.05, 3.63) is 11.8 Å². The summed E-state index contributed by atoms with van der Waals surface area (Å²) in [5.74, 6) is -1.51. The quantitative estimate of drug-likeness (QED) is 0.529. The van der Waals surface area contributed by atoms with Gasteiger partial charge in [-0.25, -0.2) is 8.78 Å². The monoisotopic (exact) mass is 178 g/mol. The molecule has 1 N–H and O–H groups in total. The minimum Gasteiger partial charge on any atom is -0.506 e. The Hall–Kier alpha value is -0.930. The molecule has 0 aliphatic rings. The minimum atomic E-state index is -2.96. The first-order valence-electron chi connectivity index (χ1n) is 3.65. The standard InChI is InChI=1S/C8H12F2O2/c1-5(2)3-6(11)4-7(12)8(9)10/h4-5,8,12H,3H2,1-2H3/b7-4-. The van der Waals surface area contributed by atoms with Gasteiger partial charge >= 0.3 is 0 Å². The van der Waals surface area contributed by atoms with Gasteiger partial charge in [0.25, 0.3) is 6.43 Å². The van der Waals surface area contributed by atoms with Crippen molar-refractivity contribution in [2.24, 2.45) is 5.92 Å². The summed E-state index contributed by atoms with van der Waals surface area (Å²) in [5, 5.41) is 8.50. The van der Waals surface area contributed by atoms with E-state index in [0.29, 0.717) is 6.08 Å². The lowest BCUT2D eigenvalue weighted by Gasteiger charge is -2.00. The van der Waals surface area contributed by atoms with Gasteiger partial charge in [0.1, 0.15) is 0 Å². The number of carbonyl (C=O) groups excluding carboxylic acids is 1. The van der Waals surface area contributed by atoms with Crippen molar-refractivity contribution >= 4 is 5.78 Å². The van der Waals surface area contributed by atoms with Crippen molar-refractivity contribution in [1.82, 2.24) is 0 Å². The maximum absolute atomic E-state index is 11.7. The van der Waals surface area contributed by atoms with E-state index in [4.69, 9.17) is 5.11 Å². The van der Waals surface area contributed by atoms with Crippen molar-refractivity contribution in [2.75, 3.05) is 0 Å². The third-order valence-electron chi connectivity index (χ3n) is 1.14. The second kappa shape index (κ2) is 4.85. The van der Waals surface area contributed by atoms with E-state index in [1.54, 1.807) is 13.8 Å². The molecule has 0 saturated carbocycles. The molecule has 0 saturated heterocycles. The van der Waals surface area contributed by atoms with Gasteiger partial charge in [0, 0.05) is 12.5 Å². The normalized spacial score (nSPS) is 12.7. The minimum absolute atomic E-state index is 0.110. The van der Waals surface area contributed by atoms with Crippen LogP contribution in [0.15, 0.2) is 11.8 Å². The van der Waals surface area contributed by atoms with Crippen LogP contribution < -0.4 is 0 Å². The largest absolute Gasteiger partial charge is 0.506 e. The van der Waals surface area contributed by atoms with Crippen LogP contribution in [0.5, 0.6) is 0 Å². The summed E-state index contributed by atoms with van der Waals surface area (Å²) < 4.78 is 23.3. The van der Waals surface area contributed by atoms with Crippen LogP contribution in [0.2, 0.25) is 0 Å². The van der Waals surface area contributed by atoms with Gasteiger partial charge in [-0.05, 0) is 5.92 Å². The molecular weight excluding hydrogens is 166 g/mol. The Bertz CT molecular complexity index is 185. The summed E-state index contributed by atoms with van der Waals surface area (Å²) in [6, 6.07) is 0. The Labute approximate surface area is 69.9 Å². The molecule has 0 bridgehead atoms. The molecule has 0 rings (SSSR count). The Morgan fingerprint density at radius 2 is 2.00 bits per heavy atom. The fourth-order valence-electron chi connectivity index (χ4n) is 0.689. The van der Waals surface area contributed by atoms with Crippen LogP contribution in [0.25, 0.3) is 0 Å². The van der Waals surface area contributed by atoms with Crippen LogP contribution in [0.1, 0.15) is 20.3 Å². The van der Waals surface area contributed by atoms with Crippen LogP contribution in [-0.2, 0) is 4.79 Å². The van der Waals surface area contributed by atoms with Gasteiger partial charge in [-0.1, -0.05) is 13.8 Å². The van der Waals surface area contributed by atoms with Gasteiger partial charge in [-0.2, -0.15) is 0 Å². The molecule has 0 radical (unpaired) electrons. The molecular formula is C8H12F2O2. The summed E-state index contributed by atoms with van der Waals surface area (Å²) in [6.07, 6.45) is -2.19. The lowest BCUT2D eigenvalue weighted by molar-refractivity contribution is -0.115. The van der Waals surface area contributed by atoms with E-state index in [2.05, 4.69) is 0 Å². The second-order valence-corrected chi connectivity index (χ2v) is 2.93. The Morgan fingerprint density at radius 3 is 2.33 bits per heavy atom. The fraction of sp³-hybridized carbons (Fsp3) is 0.625. The smallest absolute Gasteiger partial charge is 0.294 e. The molecule has 0 aromatic carbocycles. The molecule has 0 spiro atoms. The Balaban J connectivity index is 4.06. The number of halogens is 2. The number of allylic oxidation sites excluding steroid dienone is 2. The maximum Gasteiger partial charge on any atom is 0.294 e. The number of ketones is 1. The lowest BCUT2D eigenvalue weighted by Crippen LogP contribution is -2.03. The van der Waals surface area contributed by atoms with E-state index in [1.165, 1.54) is 0 Å². The second-order valence-electron chi connectivity index (χ2n) is 2.93. The summed E-state index contributed by atoms with van der Waals surface area (Å²) in [5.41, 5.74) is 0. The number of aliphatic hydroxyl groups excluding tert-OH is 1. The van der Waals surface area contributed by atoms with Crippen molar-refractivity contribution in [3.8, 4) is 0 Å². The zero-order valence-corrected chi connectivity index (χ0v) is 7.05. The lowest BCUT2D eigenvalue weighted by atomic mass is 10.1. The van der Waals surface area contributed by atoms with E-state index in [0.717, 1.165) is 0 Å². The first-order chi connectivity index (χ1) is 5.43. The van der Waals surface area contributed by atoms with Crippen molar-refractivity contribution in [3.63, 3.8) is 0 Å². The average molecular weight is 178 g/mol. The molecule has 0 atom stereocenters. The molecule has 12 heavy (non-hydrogen) atoms. The molecule has 0 heterocycles. The third kappa shape index (κ3) is 4.82. The first kappa shape index (κ1) is 11.1. The first-order valence-corrected chi connectivity index (χ1v) is 3.65. The van der Waals surface area contributed by atoms with Crippen LogP contribution in [0.3, 0.4) is 0 Å². The van der Waals surface area contributed by atoms with Crippen molar-refractivity contribution in [2.45, 2.75) is 26.7 Å². The molecule has 0 amide bonds. The number of alkyl halides is 2. The number of carbonyl (C=O) groups is 1. The SMILES string of the molecule is CC(C)CC(=O)/C=C(\O)C(F)F. The fourth-order valence-corrected chi connectivity index (χ4v) is 0.689. The Morgan fingerprint density at radius 1 is 1.50 bits per heavy atom. The molecule has 0 aliphatic heterocycles. The van der Waals surface area contributed by atoms with E-state index in [-0.39, 0.29) is 12.3 Å². The van der Waals surface area contributed by atoms with E-state index < -0.39 is 18.0 Å². The summed E-state index contributed by atoms with van der Waals surface area (Å²) >= 11 is 0. The van der Waals surface area contributed by atoms with Gasteiger partial charge in [0.2, 0.25) is 0 Å². The van der Waals surface area contributed by atoms with Gasteiger partial charge in [0.05, 0.1) is 0 Å². The molecule has 4 heteroatoms. The molecule has 0 aromatic rings. The molecule has 70 valence electrons. The Kier molecular flexibility index (Phi) is 4.47.